The number of benzene rings is 1. The van der Waals surface area contributed by atoms with Gasteiger partial charge in [0.25, 0.3) is 0 Å². The average molecular weight is 370 g/mol. The number of sulfonamides is 1. The molecule has 132 valence electrons. The minimum Gasteiger partial charge on any atom is -0.357 e. The summed E-state index contributed by atoms with van der Waals surface area (Å²) in [6, 6.07) is 5.55. The number of hydrogen-bond donors (Lipinski definition) is 1. The minimum atomic E-state index is -3.63. The summed E-state index contributed by atoms with van der Waals surface area (Å²) in [5.74, 6) is 0. The van der Waals surface area contributed by atoms with Gasteiger partial charge in [-0.05, 0) is 19.2 Å². The van der Waals surface area contributed by atoms with Crippen LogP contribution in [0.25, 0.3) is 10.9 Å². The fraction of sp³-hybridized carbons (Fsp3) is 0.529. The van der Waals surface area contributed by atoms with E-state index in [9.17, 15) is 8.42 Å². The van der Waals surface area contributed by atoms with Crippen molar-refractivity contribution in [1.82, 2.24) is 14.2 Å². The SMILES string of the molecule is CN1CCN(S(=O)(=O)c2c(Cl)ccc3cc(C(C)(C)C)[nH]c23)CC1. The van der Waals surface area contributed by atoms with Crippen molar-refractivity contribution >= 4 is 32.5 Å². The van der Waals surface area contributed by atoms with Crippen LogP contribution in [0.15, 0.2) is 23.1 Å². The Morgan fingerprint density at radius 2 is 1.75 bits per heavy atom. The van der Waals surface area contributed by atoms with Crippen LogP contribution in [0.3, 0.4) is 0 Å². The summed E-state index contributed by atoms with van der Waals surface area (Å²) in [5.41, 5.74) is 1.50. The molecule has 1 aliphatic rings. The highest BCUT2D eigenvalue weighted by Crippen LogP contribution is 2.35. The van der Waals surface area contributed by atoms with Gasteiger partial charge in [-0.25, -0.2) is 8.42 Å². The third-order valence-corrected chi connectivity index (χ3v) is 6.98. The zero-order valence-electron chi connectivity index (χ0n) is 14.6. The van der Waals surface area contributed by atoms with Gasteiger partial charge in [0.05, 0.1) is 10.5 Å². The number of rotatable bonds is 2. The first-order valence-electron chi connectivity index (χ1n) is 8.11. The highest BCUT2D eigenvalue weighted by molar-refractivity contribution is 7.89. The predicted molar refractivity (Wildman–Crippen MR) is 98.3 cm³/mol. The van der Waals surface area contributed by atoms with Gasteiger partial charge in [-0.3, -0.25) is 0 Å². The molecule has 1 aromatic heterocycles. The Balaban J connectivity index is 2.14. The molecule has 1 N–H and O–H groups in total. The second kappa shape index (κ2) is 6.02. The van der Waals surface area contributed by atoms with Gasteiger partial charge in [-0.2, -0.15) is 4.31 Å². The minimum absolute atomic E-state index is 0.0969. The fourth-order valence-corrected chi connectivity index (χ4v) is 5.06. The smallest absolute Gasteiger partial charge is 0.246 e. The van der Waals surface area contributed by atoms with E-state index in [1.807, 2.05) is 19.2 Å². The largest absolute Gasteiger partial charge is 0.357 e. The van der Waals surface area contributed by atoms with Gasteiger partial charge in [-0.1, -0.05) is 38.4 Å². The molecule has 2 heterocycles. The van der Waals surface area contributed by atoms with Crippen molar-refractivity contribution in [3.63, 3.8) is 0 Å². The Morgan fingerprint density at radius 1 is 1.12 bits per heavy atom. The van der Waals surface area contributed by atoms with E-state index in [0.717, 1.165) is 24.2 Å². The van der Waals surface area contributed by atoms with E-state index >= 15 is 0 Å². The Morgan fingerprint density at radius 3 is 2.33 bits per heavy atom. The molecule has 24 heavy (non-hydrogen) atoms. The fourth-order valence-electron chi connectivity index (χ4n) is 2.96. The first-order chi connectivity index (χ1) is 11.1. The molecule has 0 amide bonds. The zero-order chi connectivity index (χ0) is 17.7. The lowest BCUT2D eigenvalue weighted by atomic mass is 9.92. The van der Waals surface area contributed by atoms with Crippen LogP contribution in [0.4, 0.5) is 0 Å². The van der Waals surface area contributed by atoms with E-state index in [4.69, 9.17) is 11.6 Å². The van der Waals surface area contributed by atoms with E-state index in [-0.39, 0.29) is 15.3 Å². The summed E-state index contributed by atoms with van der Waals surface area (Å²) >= 11 is 6.32. The lowest BCUT2D eigenvalue weighted by Gasteiger charge is -2.31. The van der Waals surface area contributed by atoms with Crippen LogP contribution in [-0.2, 0) is 15.4 Å². The third kappa shape index (κ3) is 3.08. The van der Waals surface area contributed by atoms with Crippen LogP contribution in [0.2, 0.25) is 5.02 Å². The summed E-state index contributed by atoms with van der Waals surface area (Å²) in [6.45, 7) is 8.70. The molecule has 1 fully saturated rings. The van der Waals surface area contributed by atoms with Crippen LogP contribution in [0, 0.1) is 0 Å². The molecule has 0 aliphatic carbocycles. The van der Waals surface area contributed by atoms with Crippen molar-refractivity contribution in [1.29, 1.82) is 0 Å². The maximum Gasteiger partial charge on any atom is 0.246 e. The Hall–Kier alpha value is -1.08. The quantitative estimate of drug-likeness (QED) is 0.885. The van der Waals surface area contributed by atoms with Gasteiger partial charge >= 0.3 is 0 Å². The van der Waals surface area contributed by atoms with Gasteiger partial charge in [0.15, 0.2) is 0 Å². The number of nitrogens with zero attached hydrogens (tertiary/aromatic N) is 2. The van der Waals surface area contributed by atoms with Gasteiger partial charge in [0.2, 0.25) is 10.0 Å². The molecular weight excluding hydrogens is 346 g/mol. The van der Waals surface area contributed by atoms with Crippen LogP contribution in [0.5, 0.6) is 0 Å². The van der Waals surface area contributed by atoms with E-state index < -0.39 is 10.0 Å². The molecule has 0 radical (unpaired) electrons. The topological polar surface area (TPSA) is 56.4 Å². The zero-order valence-corrected chi connectivity index (χ0v) is 16.1. The number of halogens is 1. The molecule has 2 aromatic rings. The summed E-state index contributed by atoms with van der Waals surface area (Å²) < 4.78 is 27.9. The van der Waals surface area contributed by atoms with Gasteiger partial charge in [-0.15, -0.1) is 0 Å². The van der Waals surface area contributed by atoms with Crippen molar-refractivity contribution in [3.8, 4) is 0 Å². The van der Waals surface area contributed by atoms with Crippen molar-refractivity contribution in [2.75, 3.05) is 33.2 Å². The Bertz CT molecular complexity index is 860. The number of likely N-dealkylation sites (N-methyl/N-ethyl adjacent to an activating group) is 1. The van der Waals surface area contributed by atoms with E-state index in [1.54, 1.807) is 6.07 Å². The molecule has 0 saturated carbocycles. The second-order valence-electron chi connectivity index (χ2n) is 7.48. The molecule has 0 spiro atoms. The third-order valence-electron chi connectivity index (χ3n) is 4.57. The number of nitrogens with one attached hydrogen (secondary N) is 1. The molecule has 0 atom stereocenters. The van der Waals surface area contributed by atoms with Crippen LogP contribution >= 0.6 is 11.6 Å². The number of fused-ring (bicyclic) bond motifs is 1. The number of hydrogen-bond acceptors (Lipinski definition) is 3. The molecule has 1 aromatic carbocycles. The maximum atomic E-state index is 13.2. The molecular formula is C17H24ClN3O2S. The van der Waals surface area contributed by atoms with Crippen molar-refractivity contribution < 1.29 is 8.42 Å². The molecule has 1 saturated heterocycles. The van der Waals surface area contributed by atoms with E-state index in [0.29, 0.717) is 18.6 Å². The van der Waals surface area contributed by atoms with Crippen molar-refractivity contribution in [2.45, 2.75) is 31.1 Å². The lowest BCUT2D eigenvalue weighted by Crippen LogP contribution is -2.47. The van der Waals surface area contributed by atoms with Crippen LogP contribution < -0.4 is 0 Å². The van der Waals surface area contributed by atoms with Crippen LogP contribution in [-0.4, -0.2) is 55.8 Å². The lowest BCUT2D eigenvalue weighted by molar-refractivity contribution is 0.222. The number of aromatic amines is 1. The second-order valence-corrected chi connectivity index (χ2v) is 9.76. The molecule has 0 bridgehead atoms. The molecule has 7 heteroatoms. The molecule has 1 aliphatic heterocycles. The highest BCUT2D eigenvalue weighted by atomic mass is 35.5. The standard InChI is InChI=1S/C17H24ClN3O2S/c1-17(2,3)14-11-12-5-6-13(18)16(15(12)19-14)24(22,23)21-9-7-20(4)8-10-21/h5-6,11,19H,7-10H2,1-4H3. The Kier molecular flexibility index (Phi) is 4.45. The number of aromatic nitrogens is 1. The molecule has 3 rings (SSSR count). The first kappa shape index (κ1) is 17.7. The van der Waals surface area contributed by atoms with E-state index in [2.05, 4.69) is 30.7 Å². The van der Waals surface area contributed by atoms with Crippen LogP contribution in [0.1, 0.15) is 26.5 Å². The average Bonchev–Trinajstić information content (AvgIpc) is 2.91. The monoisotopic (exact) mass is 369 g/mol. The van der Waals surface area contributed by atoms with Crippen molar-refractivity contribution in [3.05, 3.63) is 28.9 Å². The predicted octanol–water partition coefficient (Wildman–Crippen LogP) is 3.05. The summed E-state index contributed by atoms with van der Waals surface area (Å²) in [4.78, 5) is 5.62. The van der Waals surface area contributed by atoms with Gasteiger partial charge < -0.3 is 9.88 Å². The maximum absolute atomic E-state index is 13.2. The van der Waals surface area contributed by atoms with Crippen molar-refractivity contribution in [2.24, 2.45) is 0 Å². The number of piperazine rings is 1. The Labute approximate surface area is 148 Å². The first-order valence-corrected chi connectivity index (χ1v) is 9.93. The summed E-state index contributed by atoms with van der Waals surface area (Å²) in [5, 5.41) is 1.14. The van der Waals surface area contributed by atoms with E-state index in [1.165, 1.54) is 4.31 Å². The normalized spacial score (nSPS) is 18.4. The molecule has 0 unspecified atom stereocenters. The number of H-pyrrole nitrogens is 1. The summed E-state index contributed by atoms with van der Waals surface area (Å²) in [7, 11) is -1.63. The van der Waals surface area contributed by atoms with Gasteiger partial charge in [0.1, 0.15) is 4.90 Å². The summed E-state index contributed by atoms with van der Waals surface area (Å²) in [6.07, 6.45) is 0. The van der Waals surface area contributed by atoms with Gasteiger partial charge in [0, 0.05) is 42.7 Å². The highest BCUT2D eigenvalue weighted by Gasteiger charge is 2.32. The molecule has 5 nitrogen and oxygen atoms in total.